The average Bonchev–Trinajstić information content (AvgIpc) is 3.23. The van der Waals surface area contributed by atoms with Crippen LogP contribution in [0.3, 0.4) is 0 Å². The summed E-state index contributed by atoms with van der Waals surface area (Å²) in [7, 11) is -3.73. The molecule has 0 atom stereocenters. The lowest BCUT2D eigenvalue weighted by atomic mass is 10.2. The summed E-state index contributed by atoms with van der Waals surface area (Å²) < 4.78 is 28.2. The minimum Gasteiger partial charge on any atom is -0.455 e. The van der Waals surface area contributed by atoms with Gasteiger partial charge in [-0.3, -0.25) is 4.79 Å². The number of hydrogen-bond donors (Lipinski definition) is 2. The molecule has 2 aromatic heterocycles. The Labute approximate surface area is 159 Å². The first-order valence-electron chi connectivity index (χ1n) is 7.77. The molecule has 3 N–H and O–H groups in total. The van der Waals surface area contributed by atoms with Crippen molar-refractivity contribution in [2.75, 3.05) is 0 Å². The SMILES string of the molecule is Cc1nc(CC(=O)N/N=C\c2ccc(-c3ccc(S(N)(=O)=O)cc3)o2)cs1. The topological polar surface area (TPSA) is 128 Å². The monoisotopic (exact) mass is 404 g/mol. The maximum atomic E-state index is 11.8. The van der Waals surface area contributed by atoms with Crippen molar-refractivity contribution in [3.63, 3.8) is 0 Å². The standard InChI is InChI=1S/C17H16N4O4S2/c1-11-20-13(10-26-11)8-17(22)21-19-9-14-4-7-16(25-14)12-2-5-15(6-3-12)27(18,23)24/h2-7,9-10H,8H2,1H3,(H,21,22)(H2,18,23,24)/b19-9-. The number of furan rings is 1. The van der Waals surface area contributed by atoms with Crippen molar-refractivity contribution in [1.29, 1.82) is 0 Å². The van der Waals surface area contributed by atoms with E-state index in [1.807, 2.05) is 12.3 Å². The van der Waals surface area contributed by atoms with E-state index in [0.29, 0.717) is 22.8 Å². The number of hydrogen-bond acceptors (Lipinski definition) is 7. The number of nitrogens with zero attached hydrogens (tertiary/aromatic N) is 2. The van der Waals surface area contributed by atoms with Gasteiger partial charge in [0.15, 0.2) is 0 Å². The largest absolute Gasteiger partial charge is 0.455 e. The Balaban J connectivity index is 1.60. The van der Waals surface area contributed by atoms with Crippen LogP contribution in [0.5, 0.6) is 0 Å². The number of sulfonamides is 1. The van der Waals surface area contributed by atoms with Gasteiger partial charge in [0.2, 0.25) is 15.9 Å². The van der Waals surface area contributed by atoms with Gasteiger partial charge in [-0.05, 0) is 43.3 Å². The van der Waals surface area contributed by atoms with Crippen molar-refractivity contribution < 1.29 is 17.6 Å². The van der Waals surface area contributed by atoms with Crippen molar-refractivity contribution >= 4 is 33.5 Å². The predicted octanol–water partition coefficient (Wildman–Crippen LogP) is 2.05. The van der Waals surface area contributed by atoms with Crippen LogP contribution in [0.1, 0.15) is 16.5 Å². The quantitative estimate of drug-likeness (QED) is 0.480. The highest BCUT2D eigenvalue weighted by Crippen LogP contribution is 2.22. The molecule has 0 unspecified atom stereocenters. The highest BCUT2D eigenvalue weighted by Gasteiger charge is 2.09. The zero-order valence-corrected chi connectivity index (χ0v) is 15.9. The summed E-state index contributed by atoms with van der Waals surface area (Å²) >= 11 is 1.49. The van der Waals surface area contributed by atoms with Gasteiger partial charge in [-0.2, -0.15) is 5.10 Å². The lowest BCUT2D eigenvalue weighted by Gasteiger charge is -2.00. The van der Waals surface area contributed by atoms with Crippen LogP contribution in [-0.4, -0.2) is 25.5 Å². The summed E-state index contributed by atoms with van der Waals surface area (Å²) in [6.45, 7) is 1.88. The van der Waals surface area contributed by atoms with Crippen LogP contribution in [0, 0.1) is 6.92 Å². The summed E-state index contributed by atoms with van der Waals surface area (Å²) in [6.07, 6.45) is 1.54. The molecule has 1 amide bonds. The van der Waals surface area contributed by atoms with E-state index < -0.39 is 10.0 Å². The molecule has 0 saturated carbocycles. The number of thiazole rings is 1. The molecule has 140 valence electrons. The van der Waals surface area contributed by atoms with Crippen LogP contribution in [0.15, 0.2) is 56.2 Å². The predicted molar refractivity (Wildman–Crippen MR) is 102 cm³/mol. The second-order valence-electron chi connectivity index (χ2n) is 5.60. The number of primary sulfonamides is 1. The minimum absolute atomic E-state index is 0.0256. The van der Waals surface area contributed by atoms with E-state index in [1.165, 1.54) is 29.7 Å². The van der Waals surface area contributed by atoms with Crippen molar-refractivity contribution in [1.82, 2.24) is 10.4 Å². The molecule has 8 nitrogen and oxygen atoms in total. The highest BCUT2D eigenvalue weighted by atomic mass is 32.2. The van der Waals surface area contributed by atoms with E-state index in [-0.39, 0.29) is 17.2 Å². The Morgan fingerprint density at radius 1 is 1.30 bits per heavy atom. The molecule has 0 aliphatic rings. The Hall–Kier alpha value is -2.82. The third kappa shape index (κ3) is 5.09. The van der Waals surface area contributed by atoms with E-state index in [1.54, 1.807) is 24.3 Å². The van der Waals surface area contributed by atoms with Crippen LogP contribution in [0.25, 0.3) is 11.3 Å². The molecule has 3 rings (SSSR count). The summed E-state index contributed by atoms with van der Waals surface area (Å²) in [5, 5.41) is 11.7. The van der Waals surface area contributed by atoms with Crippen molar-refractivity contribution in [2.24, 2.45) is 10.2 Å². The van der Waals surface area contributed by atoms with Crippen molar-refractivity contribution in [3.8, 4) is 11.3 Å². The lowest BCUT2D eigenvalue weighted by Crippen LogP contribution is -2.19. The maximum Gasteiger partial charge on any atom is 0.246 e. The minimum atomic E-state index is -3.73. The van der Waals surface area contributed by atoms with Crippen LogP contribution in [0.4, 0.5) is 0 Å². The number of benzene rings is 1. The Morgan fingerprint density at radius 3 is 2.67 bits per heavy atom. The van der Waals surface area contributed by atoms with Gasteiger partial charge in [-0.25, -0.2) is 24.0 Å². The number of carbonyl (C=O) groups excluding carboxylic acids is 1. The van der Waals surface area contributed by atoms with E-state index in [0.717, 1.165) is 5.01 Å². The highest BCUT2D eigenvalue weighted by molar-refractivity contribution is 7.89. The molecule has 0 fully saturated rings. The number of hydrazone groups is 1. The second-order valence-corrected chi connectivity index (χ2v) is 8.22. The van der Waals surface area contributed by atoms with Gasteiger partial charge < -0.3 is 4.42 Å². The van der Waals surface area contributed by atoms with E-state index in [4.69, 9.17) is 9.56 Å². The summed E-state index contributed by atoms with van der Waals surface area (Å²) in [5.74, 6) is 0.689. The van der Waals surface area contributed by atoms with E-state index >= 15 is 0 Å². The first-order chi connectivity index (χ1) is 12.8. The molecule has 1 aromatic carbocycles. The Kier molecular flexibility index (Phi) is 5.49. The van der Waals surface area contributed by atoms with Gasteiger partial charge in [-0.1, -0.05) is 0 Å². The first-order valence-corrected chi connectivity index (χ1v) is 10.2. The molecule has 27 heavy (non-hydrogen) atoms. The number of aromatic nitrogens is 1. The fourth-order valence-corrected chi connectivity index (χ4v) is 3.38. The number of carbonyl (C=O) groups is 1. The van der Waals surface area contributed by atoms with E-state index in [9.17, 15) is 13.2 Å². The third-order valence-electron chi connectivity index (χ3n) is 3.48. The van der Waals surface area contributed by atoms with Gasteiger partial charge in [0.1, 0.15) is 11.5 Å². The summed E-state index contributed by atoms with van der Waals surface area (Å²) in [4.78, 5) is 16.0. The molecular formula is C17H16N4O4S2. The van der Waals surface area contributed by atoms with Gasteiger partial charge in [0.05, 0.1) is 28.2 Å². The third-order valence-corrected chi connectivity index (χ3v) is 5.23. The lowest BCUT2D eigenvalue weighted by molar-refractivity contribution is -0.120. The molecular weight excluding hydrogens is 388 g/mol. The average molecular weight is 404 g/mol. The first kappa shape index (κ1) is 19.0. The molecule has 3 aromatic rings. The van der Waals surface area contributed by atoms with Gasteiger partial charge in [-0.15, -0.1) is 11.3 Å². The molecule has 0 aliphatic heterocycles. The van der Waals surface area contributed by atoms with E-state index in [2.05, 4.69) is 15.5 Å². The van der Waals surface area contributed by atoms with Crippen LogP contribution in [0.2, 0.25) is 0 Å². The second kappa shape index (κ2) is 7.82. The van der Waals surface area contributed by atoms with Gasteiger partial charge >= 0.3 is 0 Å². The van der Waals surface area contributed by atoms with Crippen molar-refractivity contribution in [2.45, 2.75) is 18.2 Å². The molecule has 0 spiro atoms. The zero-order chi connectivity index (χ0) is 19.4. The molecule has 10 heteroatoms. The maximum absolute atomic E-state index is 11.8. The van der Waals surface area contributed by atoms with Crippen LogP contribution in [-0.2, 0) is 21.2 Å². The summed E-state index contributed by atoms with van der Waals surface area (Å²) in [6, 6.07) is 9.40. The number of nitrogens with two attached hydrogens (primary N) is 1. The molecule has 0 radical (unpaired) electrons. The number of aryl methyl sites for hydroxylation is 1. The van der Waals surface area contributed by atoms with Gasteiger partial charge in [0.25, 0.3) is 0 Å². The normalized spacial score (nSPS) is 11.8. The Bertz CT molecular complexity index is 1080. The zero-order valence-electron chi connectivity index (χ0n) is 14.2. The van der Waals surface area contributed by atoms with Crippen LogP contribution < -0.4 is 10.6 Å². The fraction of sp³-hybridized carbons (Fsp3) is 0.118. The molecule has 0 bridgehead atoms. The number of nitrogens with one attached hydrogen (secondary N) is 1. The van der Waals surface area contributed by atoms with Crippen molar-refractivity contribution in [3.05, 3.63) is 58.2 Å². The van der Waals surface area contributed by atoms with Gasteiger partial charge in [0, 0.05) is 10.9 Å². The molecule has 0 aliphatic carbocycles. The number of amides is 1. The fourth-order valence-electron chi connectivity index (χ4n) is 2.25. The van der Waals surface area contributed by atoms with Crippen LogP contribution >= 0.6 is 11.3 Å². The smallest absolute Gasteiger partial charge is 0.246 e. The Morgan fingerprint density at radius 2 is 2.04 bits per heavy atom. The number of rotatable bonds is 6. The summed E-state index contributed by atoms with van der Waals surface area (Å²) in [5.41, 5.74) is 3.80. The molecule has 2 heterocycles. The molecule has 0 saturated heterocycles.